The zero-order valence-corrected chi connectivity index (χ0v) is 9.13. The van der Waals surface area contributed by atoms with Crippen molar-refractivity contribution in [2.45, 2.75) is 18.9 Å². The first-order valence-electron chi connectivity index (χ1n) is 4.63. The summed E-state index contributed by atoms with van der Waals surface area (Å²) in [6.07, 6.45) is 4.96. The fraction of sp³-hybridized carbons (Fsp3) is 0.500. The standard InChI is InChI=1S/C10H16N2OS/c1-14-7-3-5-9(13)8-4-2-6-12-10(8)11/h2,4,6,9,13H,3,5,7H2,1H3,(H2,11,12). The number of aliphatic hydroxyl groups is 1. The molecule has 1 heterocycles. The van der Waals surface area contributed by atoms with E-state index in [0.717, 1.165) is 24.2 Å². The van der Waals surface area contributed by atoms with Crippen LogP contribution < -0.4 is 5.73 Å². The van der Waals surface area contributed by atoms with E-state index in [0.29, 0.717) is 5.82 Å². The van der Waals surface area contributed by atoms with Gasteiger partial charge in [-0.15, -0.1) is 0 Å². The van der Waals surface area contributed by atoms with Gasteiger partial charge in [-0.25, -0.2) is 4.98 Å². The molecule has 3 N–H and O–H groups in total. The number of hydrogen-bond acceptors (Lipinski definition) is 4. The Kier molecular flexibility index (Phi) is 4.76. The quantitative estimate of drug-likeness (QED) is 0.731. The summed E-state index contributed by atoms with van der Waals surface area (Å²) in [4.78, 5) is 3.94. The van der Waals surface area contributed by atoms with Gasteiger partial charge in [-0.05, 0) is 30.9 Å². The molecule has 0 bridgehead atoms. The number of nitrogens with two attached hydrogens (primary N) is 1. The van der Waals surface area contributed by atoms with Gasteiger partial charge in [0.05, 0.1) is 6.10 Å². The van der Waals surface area contributed by atoms with E-state index in [1.807, 2.05) is 6.07 Å². The fourth-order valence-electron chi connectivity index (χ4n) is 1.29. The summed E-state index contributed by atoms with van der Waals surface area (Å²) in [6.45, 7) is 0. The zero-order chi connectivity index (χ0) is 10.4. The highest BCUT2D eigenvalue weighted by molar-refractivity contribution is 7.98. The molecule has 0 aliphatic heterocycles. The first-order valence-corrected chi connectivity index (χ1v) is 6.02. The van der Waals surface area contributed by atoms with Gasteiger partial charge in [0.15, 0.2) is 0 Å². The molecule has 0 amide bonds. The van der Waals surface area contributed by atoms with Gasteiger partial charge in [-0.1, -0.05) is 6.07 Å². The summed E-state index contributed by atoms with van der Waals surface area (Å²) in [7, 11) is 0. The van der Waals surface area contributed by atoms with Crippen molar-refractivity contribution in [2.24, 2.45) is 0 Å². The minimum absolute atomic E-state index is 0.434. The van der Waals surface area contributed by atoms with Crippen molar-refractivity contribution in [3.8, 4) is 0 Å². The minimum Gasteiger partial charge on any atom is -0.388 e. The van der Waals surface area contributed by atoms with Gasteiger partial charge in [-0.3, -0.25) is 0 Å². The molecule has 0 saturated carbocycles. The first kappa shape index (κ1) is 11.3. The molecule has 0 aliphatic rings. The lowest BCUT2D eigenvalue weighted by atomic mass is 10.1. The lowest BCUT2D eigenvalue weighted by molar-refractivity contribution is 0.167. The van der Waals surface area contributed by atoms with E-state index in [4.69, 9.17) is 5.73 Å². The molecule has 1 aromatic rings. The largest absolute Gasteiger partial charge is 0.388 e. The molecule has 14 heavy (non-hydrogen) atoms. The third-order valence-electron chi connectivity index (χ3n) is 2.06. The van der Waals surface area contributed by atoms with E-state index in [-0.39, 0.29) is 0 Å². The van der Waals surface area contributed by atoms with Gasteiger partial charge in [0.1, 0.15) is 5.82 Å². The molecule has 0 fully saturated rings. The van der Waals surface area contributed by atoms with E-state index in [1.54, 1.807) is 24.0 Å². The number of hydrogen-bond donors (Lipinski definition) is 2. The van der Waals surface area contributed by atoms with Crippen molar-refractivity contribution in [3.05, 3.63) is 23.9 Å². The molecule has 78 valence electrons. The number of nitrogens with zero attached hydrogens (tertiary/aromatic N) is 1. The third kappa shape index (κ3) is 3.20. The topological polar surface area (TPSA) is 59.1 Å². The molecular weight excluding hydrogens is 196 g/mol. The SMILES string of the molecule is CSCCCC(O)c1cccnc1N. The van der Waals surface area contributed by atoms with Gasteiger partial charge in [-0.2, -0.15) is 11.8 Å². The van der Waals surface area contributed by atoms with E-state index < -0.39 is 6.10 Å². The highest BCUT2D eigenvalue weighted by Crippen LogP contribution is 2.22. The Morgan fingerprint density at radius 1 is 1.64 bits per heavy atom. The van der Waals surface area contributed by atoms with Gasteiger partial charge >= 0.3 is 0 Å². The van der Waals surface area contributed by atoms with Gasteiger partial charge in [0.25, 0.3) is 0 Å². The fourth-order valence-corrected chi connectivity index (χ4v) is 1.74. The molecular formula is C10H16N2OS. The Morgan fingerprint density at radius 3 is 3.07 bits per heavy atom. The minimum atomic E-state index is -0.476. The molecule has 0 aliphatic carbocycles. The summed E-state index contributed by atoms with van der Waals surface area (Å²) < 4.78 is 0. The maximum absolute atomic E-state index is 9.80. The molecule has 0 aromatic carbocycles. The van der Waals surface area contributed by atoms with Crippen molar-refractivity contribution in [2.75, 3.05) is 17.7 Å². The van der Waals surface area contributed by atoms with Crippen LogP contribution in [0, 0.1) is 0 Å². The van der Waals surface area contributed by atoms with Crippen LogP contribution in [-0.2, 0) is 0 Å². The normalized spacial score (nSPS) is 12.7. The lowest BCUT2D eigenvalue weighted by Gasteiger charge is -2.11. The van der Waals surface area contributed by atoms with Gasteiger partial charge < -0.3 is 10.8 Å². The van der Waals surface area contributed by atoms with Crippen LogP contribution in [0.1, 0.15) is 24.5 Å². The molecule has 0 spiro atoms. The van der Waals surface area contributed by atoms with Crippen molar-refractivity contribution in [3.63, 3.8) is 0 Å². The second-order valence-corrected chi connectivity index (χ2v) is 4.11. The van der Waals surface area contributed by atoms with Gasteiger partial charge in [0, 0.05) is 11.8 Å². The van der Waals surface area contributed by atoms with Crippen LogP contribution in [0.15, 0.2) is 18.3 Å². The van der Waals surface area contributed by atoms with Crippen molar-refractivity contribution in [1.82, 2.24) is 4.98 Å². The number of nitrogen functional groups attached to an aromatic ring is 1. The molecule has 1 unspecified atom stereocenters. The van der Waals surface area contributed by atoms with Gasteiger partial charge in [0.2, 0.25) is 0 Å². The van der Waals surface area contributed by atoms with E-state index >= 15 is 0 Å². The Hall–Kier alpha value is -0.740. The predicted octanol–water partition coefficient (Wildman–Crippen LogP) is 1.84. The maximum Gasteiger partial charge on any atom is 0.129 e. The second-order valence-electron chi connectivity index (χ2n) is 3.13. The van der Waals surface area contributed by atoms with Crippen molar-refractivity contribution < 1.29 is 5.11 Å². The Bertz CT molecular complexity index is 281. The maximum atomic E-state index is 9.80. The molecule has 1 aromatic heterocycles. The van der Waals surface area contributed by atoms with E-state index in [9.17, 15) is 5.11 Å². The summed E-state index contributed by atoms with van der Waals surface area (Å²) in [5, 5.41) is 9.80. The van der Waals surface area contributed by atoms with Crippen LogP contribution in [0.4, 0.5) is 5.82 Å². The van der Waals surface area contributed by atoms with Crippen LogP contribution in [0.3, 0.4) is 0 Å². The highest BCUT2D eigenvalue weighted by Gasteiger charge is 2.10. The molecule has 0 radical (unpaired) electrons. The van der Waals surface area contributed by atoms with Crippen LogP contribution in [0.25, 0.3) is 0 Å². The van der Waals surface area contributed by atoms with Crippen LogP contribution in [0.5, 0.6) is 0 Å². The number of aromatic nitrogens is 1. The average Bonchev–Trinajstić information content (AvgIpc) is 2.18. The Balaban J connectivity index is 2.51. The Labute approximate surface area is 88.7 Å². The summed E-state index contributed by atoms with van der Waals surface area (Å²) in [5.74, 6) is 1.50. The van der Waals surface area contributed by atoms with Crippen LogP contribution in [0.2, 0.25) is 0 Å². The number of anilines is 1. The number of pyridine rings is 1. The number of rotatable bonds is 5. The van der Waals surface area contributed by atoms with Crippen molar-refractivity contribution in [1.29, 1.82) is 0 Å². The predicted molar refractivity (Wildman–Crippen MR) is 61.2 cm³/mol. The summed E-state index contributed by atoms with van der Waals surface area (Å²) >= 11 is 1.79. The monoisotopic (exact) mass is 212 g/mol. The smallest absolute Gasteiger partial charge is 0.129 e. The summed E-state index contributed by atoms with van der Waals surface area (Å²) in [5.41, 5.74) is 6.39. The average molecular weight is 212 g/mol. The molecule has 4 heteroatoms. The third-order valence-corrected chi connectivity index (χ3v) is 2.75. The van der Waals surface area contributed by atoms with Crippen LogP contribution >= 0.6 is 11.8 Å². The second kappa shape index (κ2) is 5.88. The van der Waals surface area contributed by atoms with Crippen molar-refractivity contribution >= 4 is 17.6 Å². The molecule has 0 saturated heterocycles. The zero-order valence-electron chi connectivity index (χ0n) is 8.31. The highest BCUT2D eigenvalue weighted by atomic mass is 32.2. The Morgan fingerprint density at radius 2 is 2.43 bits per heavy atom. The van der Waals surface area contributed by atoms with E-state index in [1.165, 1.54) is 0 Å². The first-order chi connectivity index (χ1) is 6.75. The lowest BCUT2D eigenvalue weighted by Crippen LogP contribution is -2.04. The molecule has 3 nitrogen and oxygen atoms in total. The molecule has 1 atom stereocenters. The van der Waals surface area contributed by atoms with E-state index in [2.05, 4.69) is 11.2 Å². The number of thioether (sulfide) groups is 1. The molecule has 1 rings (SSSR count). The summed E-state index contributed by atoms with van der Waals surface area (Å²) in [6, 6.07) is 3.62. The number of aliphatic hydroxyl groups excluding tert-OH is 1. The van der Waals surface area contributed by atoms with Crippen LogP contribution in [-0.4, -0.2) is 22.1 Å².